The highest BCUT2D eigenvalue weighted by molar-refractivity contribution is 8.00. The second-order valence-electron chi connectivity index (χ2n) is 6.16. The molecule has 1 unspecified atom stereocenters. The Morgan fingerprint density at radius 3 is 2.80 bits per heavy atom. The summed E-state index contributed by atoms with van der Waals surface area (Å²) in [6.07, 6.45) is 0. The molecule has 0 saturated carbocycles. The van der Waals surface area contributed by atoms with E-state index in [0.717, 1.165) is 16.9 Å². The number of hydrogen-bond acceptors (Lipinski definition) is 11. The maximum absolute atomic E-state index is 12.8. The molecule has 0 radical (unpaired) electrons. The summed E-state index contributed by atoms with van der Waals surface area (Å²) in [4.78, 5) is 58.6. The molecule has 0 bridgehead atoms. The SMILES string of the molecule is COC(=O)CON=C(C(=O)NC1C(=O)N2C(C(=O)S)=C(C)CS[C@H]12)c1csc(N)n1. The molecule has 3 rings (SSSR count). The quantitative estimate of drug-likeness (QED) is 0.161. The van der Waals surface area contributed by atoms with E-state index < -0.39 is 40.9 Å². The van der Waals surface area contributed by atoms with Gasteiger partial charge >= 0.3 is 5.97 Å². The van der Waals surface area contributed by atoms with E-state index in [-0.39, 0.29) is 22.2 Å². The van der Waals surface area contributed by atoms with Gasteiger partial charge in [-0.05, 0) is 12.5 Å². The van der Waals surface area contributed by atoms with E-state index in [2.05, 4.69) is 32.8 Å². The number of thiol groups is 1. The van der Waals surface area contributed by atoms with Gasteiger partial charge in [0, 0.05) is 11.1 Å². The number of nitrogens with zero attached hydrogens (tertiary/aromatic N) is 3. The number of methoxy groups -OCH3 is 1. The number of esters is 1. The van der Waals surface area contributed by atoms with Crippen LogP contribution in [0.1, 0.15) is 12.6 Å². The number of thiazole rings is 1. The molecule has 1 saturated heterocycles. The highest BCUT2D eigenvalue weighted by atomic mass is 32.2. The number of β-lactam (4-membered cyclic amide) rings is 1. The third kappa shape index (κ3) is 4.29. The maximum Gasteiger partial charge on any atom is 0.346 e. The fourth-order valence-electron chi connectivity index (χ4n) is 2.79. The molecule has 3 heterocycles. The van der Waals surface area contributed by atoms with Crippen LogP contribution in [-0.4, -0.2) is 69.4 Å². The predicted molar refractivity (Wildman–Crippen MR) is 113 cm³/mol. The number of oxime groups is 1. The van der Waals surface area contributed by atoms with Crippen molar-refractivity contribution in [3.8, 4) is 0 Å². The number of aromatic nitrogens is 1. The summed E-state index contributed by atoms with van der Waals surface area (Å²) in [5.74, 6) is -1.35. The van der Waals surface area contributed by atoms with Crippen LogP contribution >= 0.6 is 35.7 Å². The minimum Gasteiger partial charge on any atom is -0.466 e. The number of carbonyl (C=O) groups is 4. The van der Waals surface area contributed by atoms with Crippen molar-refractivity contribution in [1.29, 1.82) is 0 Å². The maximum atomic E-state index is 12.8. The number of hydrogen-bond donors (Lipinski definition) is 3. The number of anilines is 1. The van der Waals surface area contributed by atoms with Crippen molar-refractivity contribution >= 4 is 69.5 Å². The Labute approximate surface area is 184 Å². The van der Waals surface area contributed by atoms with Crippen LogP contribution in [-0.2, 0) is 28.8 Å². The minimum atomic E-state index is -0.875. The summed E-state index contributed by atoms with van der Waals surface area (Å²) in [7, 11) is 1.18. The molecule has 1 aromatic heterocycles. The zero-order valence-corrected chi connectivity index (χ0v) is 18.3. The third-order valence-corrected chi connectivity index (χ3v) is 6.50. The largest absolute Gasteiger partial charge is 0.466 e. The lowest BCUT2D eigenvalue weighted by molar-refractivity contribution is -0.146. The van der Waals surface area contributed by atoms with E-state index in [1.807, 2.05) is 0 Å². The first-order valence-corrected chi connectivity index (χ1v) is 10.8. The molecule has 3 N–H and O–H groups in total. The molecule has 2 amide bonds. The van der Waals surface area contributed by atoms with E-state index in [9.17, 15) is 19.2 Å². The Bertz CT molecular complexity index is 974. The number of nitrogens with one attached hydrogen (secondary N) is 1. The summed E-state index contributed by atoms with van der Waals surface area (Å²) in [6.45, 7) is 1.24. The monoisotopic (exact) mass is 471 g/mol. The second kappa shape index (κ2) is 9.06. The van der Waals surface area contributed by atoms with Gasteiger partial charge in [0.15, 0.2) is 10.8 Å². The minimum absolute atomic E-state index is 0.127. The Hall–Kier alpha value is -2.58. The average Bonchev–Trinajstić information content (AvgIpc) is 3.14. The van der Waals surface area contributed by atoms with Gasteiger partial charge in [0.2, 0.25) is 11.7 Å². The van der Waals surface area contributed by atoms with Crippen LogP contribution in [0.2, 0.25) is 0 Å². The predicted octanol–water partition coefficient (Wildman–Crippen LogP) is -0.251. The number of fused-ring (bicyclic) bond motifs is 1. The van der Waals surface area contributed by atoms with E-state index in [1.54, 1.807) is 6.92 Å². The Morgan fingerprint density at radius 1 is 1.47 bits per heavy atom. The molecule has 2 aliphatic heterocycles. The number of rotatable bonds is 7. The van der Waals surface area contributed by atoms with Gasteiger partial charge in [-0.2, -0.15) is 0 Å². The van der Waals surface area contributed by atoms with Gasteiger partial charge in [-0.3, -0.25) is 19.3 Å². The van der Waals surface area contributed by atoms with Crippen LogP contribution in [0.4, 0.5) is 5.13 Å². The van der Waals surface area contributed by atoms with Gasteiger partial charge in [0.25, 0.3) is 11.8 Å². The summed E-state index contributed by atoms with van der Waals surface area (Å²) in [6, 6.07) is -0.875. The van der Waals surface area contributed by atoms with Crippen molar-refractivity contribution in [3.05, 3.63) is 22.3 Å². The zero-order chi connectivity index (χ0) is 22.0. The molecule has 14 heteroatoms. The number of amides is 2. The van der Waals surface area contributed by atoms with Crippen LogP contribution < -0.4 is 11.1 Å². The van der Waals surface area contributed by atoms with Crippen LogP contribution in [0.15, 0.2) is 21.8 Å². The van der Waals surface area contributed by atoms with Crippen molar-refractivity contribution in [2.75, 3.05) is 25.2 Å². The second-order valence-corrected chi connectivity index (χ2v) is 8.56. The summed E-state index contributed by atoms with van der Waals surface area (Å²) in [5.41, 5.74) is 6.47. The van der Waals surface area contributed by atoms with Crippen molar-refractivity contribution in [3.63, 3.8) is 0 Å². The molecule has 0 spiro atoms. The zero-order valence-electron chi connectivity index (χ0n) is 15.8. The molecule has 160 valence electrons. The standard InChI is InChI=1S/C16H17N5O6S3/c1-6-4-29-14-10(13(24)21(14)11(6)15(25)28)19-12(23)9(7-5-30-16(17)18-7)20-27-3-8(22)26-2/h5,10,14H,3-4H2,1-2H3,(H2,17,18)(H,19,23)(H,25,28)/t10?,14-/m1/s1. The van der Waals surface area contributed by atoms with Gasteiger partial charge in [-0.25, -0.2) is 9.78 Å². The molecular weight excluding hydrogens is 454 g/mol. The summed E-state index contributed by atoms with van der Waals surface area (Å²) >= 11 is 6.34. The van der Waals surface area contributed by atoms with E-state index >= 15 is 0 Å². The average molecular weight is 472 g/mol. The smallest absolute Gasteiger partial charge is 0.346 e. The van der Waals surface area contributed by atoms with Crippen LogP contribution in [0.5, 0.6) is 0 Å². The molecular formula is C16H17N5O6S3. The van der Waals surface area contributed by atoms with Crippen molar-refractivity contribution < 1.29 is 28.8 Å². The van der Waals surface area contributed by atoms with Gasteiger partial charge in [-0.1, -0.05) is 17.8 Å². The third-order valence-electron chi connectivity index (χ3n) is 4.19. The van der Waals surface area contributed by atoms with Crippen LogP contribution in [0.25, 0.3) is 0 Å². The first kappa shape index (κ1) is 22.1. The Kier molecular flexibility index (Phi) is 6.67. The topological polar surface area (TPSA) is 153 Å². The number of nitrogens with two attached hydrogens (primary N) is 1. The molecule has 0 aromatic carbocycles. The van der Waals surface area contributed by atoms with Gasteiger partial charge in [-0.15, -0.1) is 23.1 Å². The molecule has 1 fully saturated rings. The first-order chi connectivity index (χ1) is 14.2. The lowest BCUT2D eigenvalue weighted by Crippen LogP contribution is -2.70. The van der Waals surface area contributed by atoms with Gasteiger partial charge in [0.1, 0.15) is 17.1 Å². The molecule has 11 nitrogen and oxygen atoms in total. The highest BCUT2D eigenvalue weighted by Crippen LogP contribution is 2.40. The van der Waals surface area contributed by atoms with Crippen LogP contribution in [0.3, 0.4) is 0 Å². The normalized spacial score (nSPS) is 21.0. The lowest BCUT2D eigenvalue weighted by Gasteiger charge is -2.49. The number of nitrogen functional groups attached to an aromatic ring is 1. The fourth-order valence-corrected chi connectivity index (χ4v) is 4.93. The van der Waals surface area contributed by atoms with Crippen molar-refractivity contribution in [1.82, 2.24) is 15.2 Å². The number of carbonyl (C=O) groups excluding carboxylic acids is 4. The van der Waals surface area contributed by atoms with Gasteiger partial charge < -0.3 is 20.6 Å². The Balaban J connectivity index is 1.77. The first-order valence-electron chi connectivity index (χ1n) is 8.41. The summed E-state index contributed by atoms with van der Waals surface area (Å²) in [5, 5.41) is 6.99. The lowest BCUT2D eigenvalue weighted by atomic mass is 10.0. The van der Waals surface area contributed by atoms with Crippen LogP contribution in [0, 0.1) is 0 Å². The van der Waals surface area contributed by atoms with Crippen molar-refractivity contribution in [2.24, 2.45) is 5.16 Å². The van der Waals surface area contributed by atoms with E-state index in [4.69, 9.17) is 10.6 Å². The highest BCUT2D eigenvalue weighted by Gasteiger charge is 2.53. The van der Waals surface area contributed by atoms with E-state index in [1.165, 1.54) is 29.2 Å². The molecule has 2 atom stereocenters. The number of ether oxygens (including phenoxy) is 1. The molecule has 30 heavy (non-hydrogen) atoms. The Morgan fingerprint density at radius 2 is 2.20 bits per heavy atom. The molecule has 2 aliphatic rings. The van der Waals surface area contributed by atoms with Crippen molar-refractivity contribution in [2.45, 2.75) is 18.3 Å². The fraction of sp³-hybridized carbons (Fsp3) is 0.375. The molecule has 1 aromatic rings. The summed E-state index contributed by atoms with van der Waals surface area (Å²) < 4.78 is 4.45. The van der Waals surface area contributed by atoms with E-state index in [0.29, 0.717) is 5.75 Å². The number of thioether (sulfide) groups is 1. The molecule has 0 aliphatic carbocycles. The van der Waals surface area contributed by atoms with Gasteiger partial charge in [0.05, 0.1) is 12.8 Å².